The first-order valence-corrected chi connectivity index (χ1v) is 4.75. The van der Waals surface area contributed by atoms with Crippen molar-refractivity contribution < 1.29 is 4.79 Å². The normalized spacial score (nSPS) is 9.50. The summed E-state index contributed by atoms with van der Waals surface area (Å²) in [6, 6.07) is 0. The van der Waals surface area contributed by atoms with Crippen LogP contribution in [0, 0.1) is 0 Å². The first-order chi connectivity index (χ1) is 5.77. The zero-order chi connectivity index (χ0) is 8.97. The van der Waals surface area contributed by atoms with E-state index in [0.717, 1.165) is 11.0 Å². The predicted octanol–water partition coefficient (Wildman–Crippen LogP) is 1.08. The van der Waals surface area contributed by atoms with Crippen molar-refractivity contribution >= 4 is 27.6 Å². The van der Waals surface area contributed by atoms with E-state index in [2.05, 4.69) is 15.3 Å². The molecule has 1 N–H and O–H groups in total. The van der Waals surface area contributed by atoms with E-state index in [9.17, 15) is 4.79 Å². The van der Waals surface area contributed by atoms with Gasteiger partial charge in [0.15, 0.2) is 0 Å². The van der Waals surface area contributed by atoms with Crippen molar-refractivity contribution in [2.75, 3.05) is 7.05 Å². The average Bonchev–Trinajstić information content (AvgIpc) is 2.17. The standard InChI is InChI=1S/C6H6ClN3OS/c1-8-6(11)4-2-10-5(12-7)3-9-4/h2-3H,1H3,(H,8,11). The van der Waals surface area contributed by atoms with Gasteiger partial charge in [0.2, 0.25) is 0 Å². The number of halogens is 1. The molecule has 4 nitrogen and oxygen atoms in total. The van der Waals surface area contributed by atoms with E-state index in [1.54, 1.807) is 0 Å². The Morgan fingerprint density at radius 3 is 2.75 bits per heavy atom. The van der Waals surface area contributed by atoms with Gasteiger partial charge in [-0.05, 0) is 10.7 Å². The Hall–Kier alpha value is -0.810. The van der Waals surface area contributed by atoms with Crippen LogP contribution in [0.4, 0.5) is 0 Å². The molecule has 0 aliphatic carbocycles. The van der Waals surface area contributed by atoms with Gasteiger partial charge < -0.3 is 5.32 Å². The highest BCUT2D eigenvalue weighted by Crippen LogP contribution is 2.17. The van der Waals surface area contributed by atoms with Crippen LogP contribution >= 0.6 is 21.7 Å². The van der Waals surface area contributed by atoms with Gasteiger partial charge in [-0.2, -0.15) is 0 Å². The van der Waals surface area contributed by atoms with Crippen molar-refractivity contribution in [3.63, 3.8) is 0 Å². The van der Waals surface area contributed by atoms with Crippen molar-refractivity contribution in [2.45, 2.75) is 5.03 Å². The van der Waals surface area contributed by atoms with Gasteiger partial charge in [0.1, 0.15) is 10.7 Å². The SMILES string of the molecule is CNC(=O)c1cnc(SCl)cn1. The molecule has 0 atom stereocenters. The van der Waals surface area contributed by atoms with E-state index in [1.807, 2.05) is 0 Å². The highest BCUT2D eigenvalue weighted by molar-refractivity contribution is 8.21. The molecule has 1 rings (SSSR count). The minimum atomic E-state index is -0.256. The second-order valence-corrected chi connectivity index (χ2v) is 2.93. The van der Waals surface area contributed by atoms with Crippen molar-refractivity contribution in [3.8, 4) is 0 Å². The molecule has 12 heavy (non-hydrogen) atoms. The van der Waals surface area contributed by atoms with Crippen LogP contribution in [0.15, 0.2) is 17.4 Å². The topological polar surface area (TPSA) is 54.9 Å². The average molecular weight is 204 g/mol. The minimum Gasteiger partial charge on any atom is -0.354 e. The number of hydrogen-bond donors (Lipinski definition) is 1. The largest absolute Gasteiger partial charge is 0.354 e. The third kappa shape index (κ3) is 2.09. The molecule has 0 radical (unpaired) electrons. The number of nitrogens with one attached hydrogen (secondary N) is 1. The van der Waals surface area contributed by atoms with Crippen molar-refractivity contribution in [1.29, 1.82) is 0 Å². The summed E-state index contributed by atoms with van der Waals surface area (Å²) < 4.78 is 0. The van der Waals surface area contributed by atoms with Crippen LogP contribution in [0.1, 0.15) is 10.5 Å². The third-order valence-corrected chi connectivity index (χ3v) is 2.01. The van der Waals surface area contributed by atoms with E-state index in [1.165, 1.54) is 19.4 Å². The Morgan fingerprint density at radius 1 is 1.58 bits per heavy atom. The molecule has 1 amide bonds. The van der Waals surface area contributed by atoms with Crippen molar-refractivity contribution in [3.05, 3.63) is 18.1 Å². The third-order valence-electron chi connectivity index (χ3n) is 1.17. The van der Waals surface area contributed by atoms with Gasteiger partial charge in [-0.3, -0.25) is 4.79 Å². The fourth-order valence-electron chi connectivity index (χ4n) is 0.601. The van der Waals surface area contributed by atoms with Gasteiger partial charge in [0.25, 0.3) is 5.91 Å². The van der Waals surface area contributed by atoms with Gasteiger partial charge in [-0.25, -0.2) is 9.97 Å². The number of carbonyl (C=O) groups excluding carboxylic acids is 1. The highest BCUT2D eigenvalue weighted by Gasteiger charge is 2.04. The van der Waals surface area contributed by atoms with E-state index in [-0.39, 0.29) is 11.6 Å². The molecule has 0 saturated carbocycles. The highest BCUT2D eigenvalue weighted by atomic mass is 35.7. The van der Waals surface area contributed by atoms with Gasteiger partial charge in [-0.15, -0.1) is 0 Å². The van der Waals surface area contributed by atoms with Crippen LogP contribution in [-0.4, -0.2) is 22.9 Å². The summed E-state index contributed by atoms with van der Waals surface area (Å²) in [5.74, 6) is -0.256. The lowest BCUT2D eigenvalue weighted by Crippen LogP contribution is -2.19. The number of carbonyl (C=O) groups is 1. The molecule has 1 aromatic heterocycles. The van der Waals surface area contributed by atoms with Crippen LogP contribution in [-0.2, 0) is 0 Å². The van der Waals surface area contributed by atoms with Gasteiger partial charge >= 0.3 is 0 Å². The zero-order valence-corrected chi connectivity index (χ0v) is 7.82. The monoisotopic (exact) mass is 203 g/mol. The van der Waals surface area contributed by atoms with Crippen LogP contribution in [0.3, 0.4) is 0 Å². The smallest absolute Gasteiger partial charge is 0.271 e. The van der Waals surface area contributed by atoms with Gasteiger partial charge in [0.05, 0.1) is 12.4 Å². The number of hydrogen-bond acceptors (Lipinski definition) is 4. The zero-order valence-electron chi connectivity index (χ0n) is 6.24. The number of rotatable bonds is 2. The molecule has 0 fully saturated rings. The second-order valence-electron chi connectivity index (χ2n) is 1.90. The second kappa shape index (κ2) is 4.27. The molecule has 0 unspecified atom stereocenters. The van der Waals surface area contributed by atoms with E-state index in [4.69, 9.17) is 10.7 Å². The van der Waals surface area contributed by atoms with Crippen LogP contribution in [0.25, 0.3) is 0 Å². The molecule has 64 valence electrons. The molecule has 0 aliphatic rings. The van der Waals surface area contributed by atoms with Crippen LogP contribution in [0.2, 0.25) is 0 Å². The number of amides is 1. The maximum atomic E-state index is 11.0. The maximum Gasteiger partial charge on any atom is 0.271 e. The van der Waals surface area contributed by atoms with Crippen LogP contribution < -0.4 is 5.32 Å². The number of aromatic nitrogens is 2. The molecule has 0 aliphatic heterocycles. The number of nitrogens with zero attached hydrogens (tertiary/aromatic N) is 2. The molecule has 0 saturated heterocycles. The summed E-state index contributed by atoms with van der Waals surface area (Å²) in [7, 11) is 7.91. The predicted molar refractivity (Wildman–Crippen MR) is 47.1 cm³/mol. The lowest BCUT2D eigenvalue weighted by molar-refractivity contribution is 0.0957. The fourth-order valence-corrected chi connectivity index (χ4v) is 1.03. The fraction of sp³-hybridized carbons (Fsp3) is 0.167. The minimum absolute atomic E-state index is 0.256. The Balaban J connectivity index is 2.84. The summed E-state index contributed by atoms with van der Waals surface area (Å²) in [6.45, 7) is 0. The Morgan fingerprint density at radius 2 is 2.33 bits per heavy atom. The van der Waals surface area contributed by atoms with Crippen LogP contribution in [0.5, 0.6) is 0 Å². The summed E-state index contributed by atoms with van der Waals surface area (Å²) in [4.78, 5) is 18.7. The molecule has 0 aromatic carbocycles. The summed E-state index contributed by atoms with van der Waals surface area (Å²) in [6.07, 6.45) is 2.83. The molecule has 0 bridgehead atoms. The summed E-state index contributed by atoms with van der Waals surface area (Å²) in [5.41, 5.74) is 0.284. The van der Waals surface area contributed by atoms with Crippen molar-refractivity contribution in [2.24, 2.45) is 0 Å². The summed E-state index contributed by atoms with van der Waals surface area (Å²) >= 11 is 0. The summed E-state index contributed by atoms with van der Waals surface area (Å²) in [5, 5.41) is 3.01. The van der Waals surface area contributed by atoms with E-state index >= 15 is 0 Å². The lowest BCUT2D eigenvalue weighted by Gasteiger charge is -1.97. The van der Waals surface area contributed by atoms with Gasteiger partial charge in [0, 0.05) is 18.0 Å². The molecule has 1 heterocycles. The molecule has 6 heteroatoms. The maximum absolute atomic E-state index is 11.0. The van der Waals surface area contributed by atoms with E-state index in [0.29, 0.717) is 5.03 Å². The van der Waals surface area contributed by atoms with Gasteiger partial charge in [-0.1, -0.05) is 0 Å². The first-order valence-electron chi connectivity index (χ1n) is 3.10. The lowest BCUT2D eigenvalue weighted by atomic mass is 10.4. The Labute approximate surface area is 78.2 Å². The molecule has 0 spiro atoms. The first kappa shape index (κ1) is 9.28. The quantitative estimate of drug-likeness (QED) is 0.782. The van der Waals surface area contributed by atoms with Crippen molar-refractivity contribution in [1.82, 2.24) is 15.3 Å². The molecular weight excluding hydrogens is 198 g/mol. The molecular formula is C6H6ClN3OS. The Kier molecular flexibility index (Phi) is 3.31. The molecule has 1 aromatic rings. The Bertz CT molecular complexity index is 277. The van der Waals surface area contributed by atoms with E-state index < -0.39 is 0 Å².